The van der Waals surface area contributed by atoms with Gasteiger partial charge in [0.15, 0.2) is 0 Å². The molecule has 0 unspecified atom stereocenters. The number of carbonyl (C=O) groups is 2. The Balaban J connectivity index is 2.13. The first-order valence-electron chi connectivity index (χ1n) is 8.12. The smallest absolute Gasteiger partial charge is 0.413 e. The maximum atomic E-state index is 12.5. The van der Waals surface area contributed by atoms with Crippen LogP contribution in [0.25, 0.3) is 0 Å². The number of carboxylic acids is 1. The largest absolute Gasteiger partial charge is 0.490 e. The van der Waals surface area contributed by atoms with Gasteiger partial charge >= 0.3 is 12.1 Å². The molecule has 1 heterocycles. The standard InChI is InChI=1S/C18H25NO6/c1-17(2,3)25-16(22)19-12(11-24-18(19,4)5)10-23-14-9-7-6-8-13(14)15(20)21/h6-9,12H,10-11H2,1-5H3,(H,20,21)/t12-/m1/s1. The van der Waals surface area contributed by atoms with Crippen LogP contribution in [0, 0.1) is 0 Å². The van der Waals surface area contributed by atoms with E-state index in [9.17, 15) is 14.7 Å². The van der Waals surface area contributed by atoms with Gasteiger partial charge < -0.3 is 19.3 Å². The molecule has 0 aromatic heterocycles. The predicted octanol–water partition coefficient (Wildman–Crippen LogP) is 3.14. The van der Waals surface area contributed by atoms with Crippen molar-refractivity contribution < 1.29 is 28.9 Å². The fourth-order valence-electron chi connectivity index (χ4n) is 2.64. The molecule has 1 atom stereocenters. The zero-order valence-electron chi connectivity index (χ0n) is 15.2. The summed E-state index contributed by atoms with van der Waals surface area (Å²) >= 11 is 0. The van der Waals surface area contributed by atoms with E-state index in [2.05, 4.69) is 0 Å². The van der Waals surface area contributed by atoms with E-state index in [0.717, 1.165) is 0 Å². The summed E-state index contributed by atoms with van der Waals surface area (Å²) in [6, 6.07) is 6.00. The minimum absolute atomic E-state index is 0.0736. The summed E-state index contributed by atoms with van der Waals surface area (Å²) < 4.78 is 16.8. The molecular weight excluding hydrogens is 326 g/mol. The highest BCUT2D eigenvalue weighted by Crippen LogP contribution is 2.30. The van der Waals surface area contributed by atoms with Crippen molar-refractivity contribution >= 4 is 12.1 Å². The molecule has 1 saturated heterocycles. The molecular formula is C18H25NO6. The van der Waals surface area contributed by atoms with Crippen LogP contribution in [0.15, 0.2) is 24.3 Å². The summed E-state index contributed by atoms with van der Waals surface area (Å²) in [6.45, 7) is 9.33. The number of carbonyl (C=O) groups excluding carboxylic acids is 1. The minimum atomic E-state index is -1.07. The molecule has 0 aliphatic carbocycles. The van der Waals surface area contributed by atoms with Gasteiger partial charge in [-0.15, -0.1) is 0 Å². The summed E-state index contributed by atoms with van der Waals surface area (Å²) in [5, 5.41) is 9.22. The molecule has 1 aliphatic rings. The zero-order valence-corrected chi connectivity index (χ0v) is 15.2. The summed E-state index contributed by atoms with van der Waals surface area (Å²) in [5.74, 6) is -0.813. The maximum absolute atomic E-state index is 12.5. The van der Waals surface area contributed by atoms with Crippen LogP contribution in [-0.2, 0) is 9.47 Å². The molecule has 1 amide bonds. The SMILES string of the molecule is CC(C)(C)OC(=O)N1[C@H](COc2ccccc2C(=O)O)COC1(C)C. The maximum Gasteiger partial charge on any atom is 0.413 e. The molecule has 1 aliphatic heterocycles. The molecule has 0 bridgehead atoms. The van der Waals surface area contributed by atoms with Gasteiger partial charge in [-0.3, -0.25) is 4.90 Å². The number of nitrogens with zero attached hydrogens (tertiary/aromatic N) is 1. The first-order valence-corrected chi connectivity index (χ1v) is 8.12. The van der Waals surface area contributed by atoms with E-state index in [-0.39, 0.29) is 30.6 Å². The molecule has 1 aromatic carbocycles. The number of ether oxygens (including phenoxy) is 3. The quantitative estimate of drug-likeness (QED) is 0.897. The monoisotopic (exact) mass is 351 g/mol. The molecule has 1 N–H and O–H groups in total. The van der Waals surface area contributed by atoms with Crippen LogP contribution >= 0.6 is 0 Å². The van der Waals surface area contributed by atoms with Crippen molar-refractivity contribution in [2.75, 3.05) is 13.2 Å². The first-order chi connectivity index (χ1) is 11.5. The van der Waals surface area contributed by atoms with Crippen LogP contribution in [-0.4, -0.2) is 52.7 Å². The summed E-state index contributed by atoms with van der Waals surface area (Å²) in [6.07, 6.45) is -0.491. The topological polar surface area (TPSA) is 85.3 Å². The zero-order chi connectivity index (χ0) is 18.8. The second-order valence-electron chi connectivity index (χ2n) is 7.37. The van der Waals surface area contributed by atoms with Gasteiger partial charge in [0.2, 0.25) is 0 Å². The van der Waals surface area contributed by atoms with E-state index in [1.54, 1.807) is 52.8 Å². The number of hydrogen-bond acceptors (Lipinski definition) is 5. The van der Waals surface area contributed by atoms with E-state index >= 15 is 0 Å². The third-order valence-electron chi connectivity index (χ3n) is 3.71. The van der Waals surface area contributed by atoms with Crippen molar-refractivity contribution in [1.29, 1.82) is 0 Å². The van der Waals surface area contributed by atoms with E-state index in [4.69, 9.17) is 14.2 Å². The number of amides is 1. The molecule has 7 nitrogen and oxygen atoms in total. The molecule has 25 heavy (non-hydrogen) atoms. The second-order valence-corrected chi connectivity index (χ2v) is 7.37. The second kappa shape index (κ2) is 6.92. The molecule has 7 heteroatoms. The van der Waals surface area contributed by atoms with Gasteiger partial charge in [0.1, 0.15) is 29.2 Å². The van der Waals surface area contributed by atoms with Crippen LogP contribution in [0.1, 0.15) is 45.0 Å². The minimum Gasteiger partial charge on any atom is -0.490 e. The Hall–Kier alpha value is -2.28. The summed E-state index contributed by atoms with van der Waals surface area (Å²) in [5.41, 5.74) is -1.38. The van der Waals surface area contributed by atoms with E-state index in [1.165, 1.54) is 11.0 Å². The average molecular weight is 351 g/mol. The number of carboxylic acid groups (broad SMARTS) is 1. The van der Waals surface area contributed by atoms with Crippen LogP contribution in [0.2, 0.25) is 0 Å². The Kier molecular flexibility index (Phi) is 5.27. The lowest BCUT2D eigenvalue weighted by Gasteiger charge is -2.35. The number of benzene rings is 1. The fraction of sp³-hybridized carbons (Fsp3) is 0.556. The first kappa shape index (κ1) is 19.1. The Morgan fingerprint density at radius 1 is 1.32 bits per heavy atom. The molecule has 1 fully saturated rings. The highest BCUT2D eigenvalue weighted by atomic mass is 16.6. The van der Waals surface area contributed by atoms with Crippen molar-refractivity contribution in [2.24, 2.45) is 0 Å². The molecule has 0 saturated carbocycles. The number of para-hydroxylation sites is 1. The van der Waals surface area contributed by atoms with Gasteiger partial charge in [0, 0.05) is 0 Å². The molecule has 138 valence electrons. The van der Waals surface area contributed by atoms with Crippen molar-refractivity contribution in [1.82, 2.24) is 4.90 Å². The lowest BCUT2D eigenvalue weighted by Crippen LogP contribution is -2.51. The van der Waals surface area contributed by atoms with Crippen molar-refractivity contribution in [3.05, 3.63) is 29.8 Å². The Bertz CT molecular complexity index is 649. The van der Waals surface area contributed by atoms with Gasteiger partial charge in [-0.25, -0.2) is 9.59 Å². The average Bonchev–Trinajstić information content (AvgIpc) is 2.78. The van der Waals surface area contributed by atoms with E-state index in [0.29, 0.717) is 0 Å². The normalized spacial score (nSPS) is 19.6. The van der Waals surface area contributed by atoms with Crippen molar-refractivity contribution in [3.63, 3.8) is 0 Å². The van der Waals surface area contributed by atoms with E-state index in [1.807, 2.05) is 0 Å². The molecule has 0 spiro atoms. The molecule has 1 aromatic rings. The number of aromatic carboxylic acids is 1. The lowest BCUT2D eigenvalue weighted by molar-refractivity contribution is -0.0637. The summed E-state index contributed by atoms with van der Waals surface area (Å²) in [4.78, 5) is 25.3. The molecule has 2 rings (SSSR count). The highest BCUT2D eigenvalue weighted by Gasteiger charge is 2.46. The van der Waals surface area contributed by atoms with Crippen molar-refractivity contribution in [3.8, 4) is 5.75 Å². The van der Waals surface area contributed by atoms with Crippen LogP contribution in [0.4, 0.5) is 4.79 Å². The van der Waals surface area contributed by atoms with Gasteiger partial charge in [-0.1, -0.05) is 12.1 Å². The fourth-order valence-corrected chi connectivity index (χ4v) is 2.64. The predicted molar refractivity (Wildman–Crippen MR) is 90.8 cm³/mol. The highest BCUT2D eigenvalue weighted by molar-refractivity contribution is 5.90. The third kappa shape index (κ3) is 4.63. The van der Waals surface area contributed by atoms with Gasteiger partial charge in [-0.05, 0) is 46.8 Å². The van der Waals surface area contributed by atoms with Crippen LogP contribution < -0.4 is 4.74 Å². The van der Waals surface area contributed by atoms with Crippen molar-refractivity contribution in [2.45, 2.75) is 52.0 Å². The van der Waals surface area contributed by atoms with Gasteiger partial charge in [-0.2, -0.15) is 0 Å². The lowest BCUT2D eigenvalue weighted by atomic mass is 10.2. The number of hydrogen-bond donors (Lipinski definition) is 1. The number of rotatable bonds is 4. The molecule has 0 radical (unpaired) electrons. The van der Waals surface area contributed by atoms with Gasteiger partial charge in [0.05, 0.1) is 12.6 Å². The summed E-state index contributed by atoms with van der Waals surface area (Å²) in [7, 11) is 0. The van der Waals surface area contributed by atoms with Crippen LogP contribution in [0.3, 0.4) is 0 Å². The Morgan fingerprint density at radius 2 is 1.96 bits per heavy atom. The van der Waals surface area contributed by atoms with Gasteiger partial charge in [0.25, 0.3) is 0 Å². The Morgan fingerprint density at radius 3 is 2.56 bits per heavy atom. The van der Waals surface area contributed by atoms with Crippen LogP contribution in [0.5, 0.6) is 5.75 Å². The Labute approximate surface area is 147 Å². The third-order valence-corrected chi connectivity index (χ3v) is 3.71. The van der Waals surface area contributed by atoms with E-state index < -0.39 is 23.4 Å².